The molecule has 124 valence electrons. The summed E-state index contributed by atoms with van der Waals surface area (Å²) in [4.78, 5) is 27.9. The molecule has 0 unspecified atom stereocenters. The number of hydrogen-bond acceptors (Lipinski definition) is 3. The van der Waals surface area contributed by atoms with Crippen LogP contribution < -0.4 is 5.32 Å². The summed E-state index contributed by atoms with van der Waals surface area (Å²) in [6.07, 6.45) is 8.43. The molecule has 2 rings (SSSR count). The van der Waals surface area contributed by atoms with Crippen molar-refractivity contribution in [1.29, 1.82) is 0 Å². The molecule has 2 heterocycles. The zero-order chi connectivity index (χ0) is 15.8. The first kappa shape index (κ1) is 17.0. The summed E-state index contributed by atoms with van der Waals surface area (Å²) in [6, 6.07) is 0. The minimum Gasteiger partial charge on any atom is -0.352 e. The molecule has 2 aliphatic heterocycles. The molecule has 22 heavy (non-hydrogen) atoms. The number of carbonyl (C=O) groups is 2. The Bertz CT molecular complexity index is 412. The van der Waals surface area contributed by atoms with E-state index in [0.29, 0.717) is 19.5 Å². The van der Waals surface area contributed by atoms with E-state index in [2.05, 4.69) is 16.3 Å². The van der Waals surface area contributed by atoms with Crippen molar-refractivity contribution in [2.75, 3.05) is 39.3 Å². The molecule has 0 atom stereocenters. The highest BCUT2D eigenvalue weighted by Crippen LogP contribution is 2.13. The summed E-state index contributed by atoms with van der Waals surface area (Å²) in [5.74, 6) is 0.373. The smallest absolute Gasteiger partial charge is 0.236 e. The Kier molecular flexibility index (Phi) is 6.90. The lowest BCUT2D eigenvalue weighted by Crippen LogP contribution is -2.42. The van der Waals surface area contributed by atoms with Gasteiger partial charge in [-0.2, -0.15) is 0 Å². The maximum atomic E-state index is 12.4. The second kappa shape index (κ2) is 8.93. The SMILES string of the molecule is CCC(=O)NCC1=CCN(CC(=O)N2CCCCCC2)CC1. The molecule has 0 bridgehead atoms. The highest BCUT2D eigenvalue weighted by atomic mass is 16.2. The predicted octanol–water partition coefficient (Wildman–Crippen LogP) is 1.55. The zero-order valence-electron chi connectivity index (χ0n) is 13.8. The Morgan fingerprint density at radius 2 is 1.86 bits per heavy atom. The van der Waals surface area contributed by atoms with Crippen LogP contribution in [0.3, 0.4) is 0 Å². The summed E-state index contributed by atoms with van der Waals surface area (Å²) in [7, 11) is 0. The molecule has 5 nitrogen and oxygen atoms in total. The van der Waals surface area contributed by atoms with E-state index in [4.69, 9.17) is 0 Å². The summed E-state index contributed by atoms with van der Waals surface area (Å²) in [6.45, 7) is 6.63. The maximum Gasteiger partial charge on any atom is 0.236 e. The molecule has 5 heteroatoms. The van der Waals surface area contributed by atoms with Gasteiger partial charge in [0.05, 0.1) is 6.54 Å². The third-order valence-electron chi connectivity index (χ3n) is 4.54. The van der Waals surface area contributed by atoms with Crippen LogP contribution in [-0.4, -0.2) is 60.9 Å². The van der Waals surface area contributed by atoms with Crippen molar-refractivity contribution in [2.24, 2.45) is 0 Å². The van der Waals surface area contributed by atoms with Gasteiger partial charge >= 0.3 is 0 Å². The first-order chi connectivity index (χ1) is 10.7. The average Bonchev–Trinajstić information content (AvgIpc) is 2.83. The van der Waals surface area contributed by atoms with Crippen LogP contribution in [0.2, 0.25) is 0 Å². The lowest BCUT2D eigenvalue weighted by molar-refractivity contribution is -0.132. The van der Waals surface area contributed by atoms with E-state index in [0.717, 1.165) is 45.4 Å². The van der Waals surface area contributed by atoms with Crippen molar-refractivity contribution in [1.82, 2.24) is 15.1 Å². The van der Waals surface area contributed by atoms with Crippen LogP contribution >= 0.6 is 0 Å². The fourth-order valence-corrected chi connectivity index (χ4v) is 3.01. The summed E-state index contributed by atoms with van der Waals surface area (Å²) >= 11 is 0. The second-order valence-corrected chi connectivity index (χ2v) is 6.27. The number of nitrogens with one attached hydrogen (secondary N) is 1. The second-order valence-electron chi connectivity index (χ2n) is 6.27. The minimum absolute atomic E-state index is 0.0969. The van der Waals surface area contributed by atoms with E-state index in [1.165, 1.54) is 18.4 Å². The molecule has 1 N–H and O–H groups in total. The van der Waals surface area contributed by atoms with Gasteiger partial charge in [0.2, 0.25) is 11.8 Å². The maximum absolute atomic E-state index is 12.4. The van der Waals surface area contributed by atoms with Gasteiger partial charge in [0.25, 0.3) is 0 Å². The first-order valence-corrected chi connectivity index (χ1v) is 8.63. The van der Waals surface area contributed by atoms with Crippen LogP contribution in [0.25, 0.3) is 0 Å². The Balaban J connectivity index is 1.72. The van der Waals surface area contributed by atoms with Gasteiger partial charge in [-0.05, 0) is 19.3 Å². The lowest BCUT2D eigenvalue weighted by atomic mass is 10.1. The van der Waals surface area contributed by atoms with Crippen molar-refractivity contribution in [3.63, 3.8) is 0 Å². The van der Waals surface area contributed by atoms with Gasteiger partial charge in [-0.3, -0.25) is 14.5 Å². The van der Waals surface area contributed by atoms with E-state index < -0.39 is 0 Å². The van der Waals surface area contributed by atoms with Crippen LogP contribution in [0.1, 0.15) is 45.4 Å². The Morgan fingerprint density at radius 3 is 2.45 bits per heavy atom. The Morgan fingerprint density at radius 1 is 1.14 bits per heavy atom. The van der Waals surface area contributed by atoms with Crippen LogP contribution in [0.5, 0.6) is 0 Å². The van der Waals surface area contributed by atoms with E-state index >= 15 is 0 Å². The molecule has 2 aliphatic rings. The van der Waals surface area contributed by atoms with E-state index in [1.54, 1.807) is 0 Å². The lowest BCUT2D eigenvalue weighted by Gasteiger charge is -2.29. The summed E-state index contributed by atoms with van der Waals surface area (Å²) < 4.78 is 0. The minimum atomic E-state index is 0.0969. The van der Waals surface area contributed by atoms with Crippen LogP contribution in [0.4, 0.5) is 0 Å². The van der Waals surface area contributed by atoms with Crippen LogP contribution in [0, 0.1) is 0 Å². The highest BCUT2D eigenvalue weighted by molar-refractivity contribution is 5.78. The van der Waals surface area contributed by atoms with Crippen LogP contribution in [-0.2, 0) is 9.59 Å². The highest BCUT2D eigenvalue weighted by Gasteiger charge is 2.20. The van der Waals surface area contributed by atoms with Gasteiger partial charge in [-0.15, -0.1) is 0 Å². The van der Waals surface area contributed by atoms with Gasteiger partial charge < -0.3 is 10.2 Å². The fourth-order valence-electron chi connectivity index (χ4n) is 3.01. The summed E-state index contributed by atoms with van der Waals surface area (Å²) in [5, 5.41) is 2.92. The van der Waals surface area contributed by atoms with Crippen molar-refractivity contribution in [3.05, 3.63) is 11.6 Å². The normalized spacial score (nSPS) is 20.2. The first-order valence-electron chi connectivity index (χ1n) is 8.63. The average molecular weight is 307 g/mol. The zero-order valence-corrected chi connectivity index (χ0v) is 13.8. The molecule has 0 aromatic rings. The number of likely N-dealkylation sites (tertiary alicyclic amines) is 1. The van der Waals surface area contributed by atoms with E-state index in [-0.39, 0.29) is 11.8 Å². The largest absolute Gasteiger partial charge is 0.352 e. The van der Waals surface area contributed by atoms with E-state index in [9.17, 15) is 9.59 Å². The van der Waals surface area contributed by atoms with Crippen molar-refractivity contribution >= 4 is 11.8 Å². The number of rotatable bonds is 5. The van der Waals surface area contributed by atoms with Crippen molar-refractivity contribution in [3.8, 4) is 0 Å². The Hall–Kier alpha value is -1.36. The number of amides is 2. The number of hydrogen-bond donors (Lipinski definition) is 1. The van der Waals surface area contributed by atoms with Gasteiger partial charge in [-0.25, -0.2) is 0 Å². The standard InChI is InChI=1S/C17H29N3O2/c1-2-16(21)18-13-15-7-11-19(12-8-15)14-17(22)20-9-5-3-4-6-10-20/h7H,2-6,8-14H2,1H3,(H,18,21). The topological polar surface area (TPSA) is 52.7 Å². The number of nitrogens with zero attached hydrogens (tertiary/aromatic N) is 2. The van der Waals surface area contributed by atoms with Gasteiger partial charge in [0.1, 0.15) is 0 Å². The molecular formula is C17H29N3O2. The van der Waals surface area contributed by atoms with E-state index in [1.807, 2.05) is 11.8 Å². The molecule has 0 saturated carbocycles. The monoisotopic (exact) mass is 307 g/mol. The molecular weight excluding hydrogens is 278 g/mol. The van der Waals surface area contributed by atoms with Gasteiger partial charge in [0, 0.05) is 39.1 Å². The molecule has 0 aromatic carbocycles. The van der Waals surface area contributed by atoms with Gasteiger partial charge in [-0.1, -0.05) is 31.4 Å². The molecule has 0 aliphatic carbocycles. The Labute approximate surface area is 133 Å². The number of carbonyl (C=O) groups excluding carboxylic acids is 2. The molecule has 0 aromatic heterocycles. The fraction of sp³-hybridized carbons (Fsp3) is 0.765. The molecule has 1 saturated heterocycles. The predicted molar refractivity (Wildman–Crippen MR) is 87.5 cm³/mol. The van der Waals surface area contributed by atoms with Gasteiger partial charge in [0.15, 0.2) is 0 Å². The van der Waals surface area contributed by atoms with Crippen molar-refractivity contribution in [2.45, 2.75) is 45.4 Å². The molecule has 0 spiro atoms. The third kappa shape index (κ3) is 5.44. The van der Waals surface area contributed by atoms with Crippen molar-refractivity contribution < 1.29 is 9.59 Å². The molecule has 0 radical (unpaired) electrons. The summed E-state index contributed by atoms with van der Waals surface area (Å²) in [5.41, 5.74) is 1.28. The molecule has 2 amide bonds. The third-order valence-corrected chi connectivity index (χ3v) is 4.54. The van der Waals surface area contributed by atoms with Crippen LogP contribution in [0.15, 0.2) is 11.6 Å². The quantitative estimate of drug-likeness (QED) is 0.784. The molecule has 1 fully saturated rings.